The zero-order valence-electron chi connectivity index (χ0n) is 23.7. The Morgan fingerprint density at radius 1 is 1.02 bits per heavy atom. The number of carbonyl (C=O) groups is 2. The third-order valence-corrected chi connectivity index (χ3v) is 9.55. The number of hydrogen-bond donors (Lipinski definition) is 3. The number of hydrogen-bond acceptors (Lipinski definition) is 9. The zero-order valence-corrected chi connectivity index (χ0v) is 23.7. The van der Waals surface area contributed by atoms with Crippen LogP contribution in [-0.4, -0.2) is 75.3 Å². The van der Waals surface area contributed by atoms with Gasteiger partial charge in [-0.2, -0.15) is 0 Å². The van der Waals surface area contributed by atoms with Crippen LogP contribution < -0.4 is 4.74 Å². The molecule has 3 aliphatic heterocycles. The van der Waals surface area contributed by atoms with E-state index in [0.29, 0.717) is 28.9 Å². The average molecular weight is 550 g/mol. The molecule has 0 spiro atoms. The predicted octanol–water partition coefficient (Wildman–Crippen LogP) is 3.49. The zero-order chi connectivity index (χ0) is 29.0. The number of carbonyl (C=O) groups excluding carboxylic acids is 2. The highest BCUT2D eigenvalue weighted by Crippen LogP contribution is 2.51. The number of phenolic OH excluding ortho intramolecular Hbond substituents is 1. The van der Waals surface area contributed by atoms with Gasteiger partial charge in [-0.15, -0.1) is 0 Å². The van der Waals surface area contributed by atoms with E-state index < -0.39 is 47.1 Å². The molecule has 0 aromatic heterocycles. The standard InChI is InChI=1S/C31H35NO8/c1-13-10-18-24(28-22(13)19(33)11-21(39-28)31(5)15(3)40-31)27(36)23-17(25(18)34)9-8-16(26(23)35)20-12-30(4,32(6)7)29(37)14(2)38-20/h8-11,14-15,19-20,29,33,35,37H,12H2,1-7H3. The number of aryl methyl sites for hydroxylation is 1. The molecular weight excluding hydrogens is 514 g/mol. The molecule has 0 radical (unpaired) electrons. The van der Waals surface area contributed by atoms with Crippen LogP contribution in [0.5, 0.6) is 11.5 Å². The van der Waals surface area contributed by atoms with E-state index in [4.69, 9.17) is 14.2 Å². The van der Waals surface area contributed by atoms with E-state index in [0.717, 1.165) is 0 Å². The summed E-state index contributed by atoms with van der Waals surface area (Å²) < 4.78 is 18.1. The lowest BCUT2D eigenvalue weighted by Gasteiger charge is -2.49. The minimum absolute atomic E-state index is 0.0126. The van der Waals surface area contributed by atoms with E-state index in [1.165, 1.54) is 0 Å². The number of likely N-dealkylation sites (N-methyl/N-ethyl adjacent to an activating group) is 1. The predicted molar refractivity (Wildman–Crippen MR) is 145 cm³/mol. The molecule has 7 atom stereocenters. The van der Waals surface area contributed by atoms with Gasteiger partial charge in [0.1, 0.15) is 29.0 Å². The Bertz CT molecular complexity index is 1510. The van der Waals surface area contributed by atoms with E-state index in [9.17, 15) is 24.9 Å². The number of benzene rings is 2. The number of aliphatic hydroxyl groups excluding tert-OH is 2. The van der Waals surface area contributed by atoms with Crippen molar-refractivity contribution < 1.29 is 39.1 Å². The summed E-state index contributed by atoms with van der Waals surface area (Å²) in [6.07, 6.45) is -1.21. The van der Waals surface area contributed by atoms with Gasteiger partial charge in [-0.1, -0.05) is 6.07 Å². The van der Waals surface area contributed by atoms with E-state index in [1.54, 1.807) is 38.1 Å². The van der Waals surface area contributed by atoms with Gasteiger partial charge in [0.25, 0.3) is 0 Å². The van der Waals surface area contributed by atoms with Crippen molar-refractivity contribution in [2.24, 2.45) is 0 Å². The molecule has 2 saturated heterocycles. The van der Waals surface area contributed by atoms with E-state index in [-0.39, 0.29) is 39.9 Å². The Morgan fingerprint density at radius 2 is 1.70 bits per heavy atom. The smallest absolute Gasteiger partial charge is 0.202 e. The second-order valence-corrected chi connectivity index (χ2v) is 12.1. The number of ketones is 2. The lowest BCUT2D eigenvalue weighted by atomic mass is 9.77. The van der Waals surface area contributed by atoms with Gasteiger partial charge in [-0.25, -0.2) is 0 Å². The number of aliphatic hydroxyl groups is 2. The van der Waals surface area contributed by atoms with Crippen molar-refractivity contribution in [2.75, 3.05) is 14.1 Å². The normalized spacial score (nSPS) is 34.5. The number of ether oxygens (including phenoxy) is 3. The third-order valence-electron chi connectivity index (χ3n) is 9.55. The number of aromatic hydroxyl groups is 1. The lowest BCUT2D eigenvalue weighted by molar-refractivity contribution is -0.176. The maximum absolute atomic E-state index is 14.2. The first-order chi connectivity index (χ1) is 18.7. The SMILES string of the molecule is Cc1cc2c(c3c1C(O)C=C(C1(C)OC1C)O3)C(=O)c1c(ccc(C3CC(C)(N(C)C)C(O)C(C)O3)c1O)C2=O. The summed E-state index contributed by atoms with van der Waals surface area (Å²) in [6, 6.07) is 4.77. The van der Waals surface area contributed by atoms with Crippen LogP contribution in [0.1, 0.15) is 94.9 Å². The summed E-state index contributed by atoms with van der Waals surface area (Å²) in [5.41, 5.74) is 0.130. The fourth-order valence-corrected chi connectivity index (χ4v) is 6.48. The Morgan fingerprint density at radius 3 is 2.33 bits per heavy atom. The molecule has 0 amide bonds. The molecule has 9 nitrogen and oxygen atoms in total. The van der Waals surface area contributed by atoms with Gasteiger partial charge in [0.05, 0.1) is 35.5 Å². The van der Waals surface area contributed by atoms with Crippen LogP contribution in [0.15, 0.2) is 30.0 Å². The average Bonchev–Trinajstić information content (AvgIpc) is 3.51. The van der Waals surface area contributed by atoms with Crippen LogP contribution in [0.2, 0.25) is 0 Å². The first kappa shape index (κ1) is 27.1. The lowest BCUT2D eigenvalue weighted by Crippen LogP contribution is -2.59. The summed E-state index contributed by atoms with van der Waals surface area (Å²) in [7, 11) is 3.75. The second-order valence-electron chi connectivity index (χ2n) is 12.1. The molecule has 0 saturated carbocycles. The maximum Gasteiger partial charge on any atom is 0.202 e. The molecule has 0 bridgehead atoms. The molecule has 2 aromatic carbocycles. The van der Waals surface area contributed by atoms with E-state index in [2.05, 4.69) is 0 Å². The van der Waals surface area contributed by atoms with E-state index in [1.807, 2.05) is 39.8 Å². The molecule has 2 fully saturated rings. The Hall–Kier alpha value is -3.08. The third kappa shape index (κ3) is 3.58. The quantitative estimate of drug-likeness (QED) is 0.421. The molecule has 9 heteroatoms. The molecule has 6 rings (SSSR count). The molecule has 3 heterocycles. The minimum Gasteiger partial charge on any atom is -0.507 e. The monoisotopic (exact) mass is 549 g/mol. The summed E-state index contributed by atoms with van der Waals surface area (Å²) in [4.78, 5) is 29.9. The van der Waals surface area contributed by atoms with Gasteiger partial charge in [0, 0.05) is 27.8 Å². The first-order valence-electron chi connectivity index (χ1n) is 13.6. The van der Waals surface area contributed by atoms with Gasteiger partial charge < -0.3 is 34.4 Å². The number of fused-ring (bicyclic) bond motifs is 4. The highest BCUT2D eigenvalue weighted by atomic mass is 16.6. The number of epoxide rings is 1. The number of rotatable bonds is 3. The van der Waals surface area contributed by atoms with Crippen LogP contribution in [0.3, 0.4) is 0 Å². The molecule has 1 aliphatic carbocycles. The van der Waals surface area contributed by atoms with Crippen LogP contribution in [0.25, 0.3) is 0 Å². The Labute approximate surface area is 233 Å². The molecule has 4 aliphatic rings. The van der Waals surface area contributed by atoms with Crippen LogP contribution in [0, 0.1) is 6.92 Å². The van der Waals surface area contributed by atoms with Crippen molar-refractivity contribution in [3.05, 3.63) is 69.0 Å². The van der Waals surface area contributed by atoms with Gasteiger partial charge >= 0.3 is 0 Å². The van der Waals surface area contributed by atoms with Crippen LogP contribution in [0.4, 0.5) is 0 Å². The minimum atomic E-state index is -1.06. The molecule has 7 unspecified atom stereocenters. The number of nitrogens with zero attached hydrogens (tertiary/aromatic N) is 1. The first-order valence-corrected chi connectivity index (χ1v) is 13.6. The fourth-order valence-electron chi connectivity index (χ4n) is 6.48. The molecule has 212 valence electrons. The maximum atomic E-state index is 14.2. The largest absolute Gasteiger partial charge is 0.507 e. The highest BCUT2D eigenvalue weighted by molar-refractivity contribution is 6.30. The van der Waals surface area contributed by atoms with Gasteiger partial charge in [0.2, 0.25) is 5.78 Å². The highest BCUT2D eigenvalue weighted by Gasteiger charge is 2.55. The van der Waals surface area contributed by atoms with Gasteiger partial charge in [-0.05, 0) is 78.9 Å². The molecular formula is C31H35NO8. The van der Waals surface area contributed by atoms with Crippen molar-refractivity contribution in [3.8, 4) is 11.5 Å². The molecule has 2 aromatic rings. The summed E-state index contributed by atoms with van der Waals surface area (Å²) in [5, 5.41) is 33.5. The molecule has 40 heavy (non-hydrogen) atoms. The van der Waals surface area contributed by atoms with Crippen LogP contribution in [-0.2, 0) is 9.47 Å². The number of phenols is 1. The topological polar surface area (TPSA) is 129 Å². The van der Waals surface area contributed by atoms with E-state index >= 15 is 0 Å². The van der Waals surface area contributed by atoms with Crippen molar-refractivity contribution in [3.63, 3.8) is 0 Å². The Balaban J connectivity index is 1.47. The van der Waals surface area contributed by atoms with Gasteiger partial charge in [-0.3, -0.25) is 9.59 Å². The van der Waals surface area contributed by atoms with Crippen molar-refractivity contribution >= 4 is 11.6 Å². The molecule has 3 N–H and O–H groups in total. The van der Waals surface area contributed by atoms with Crippen LogP contribution >= 0.6 is 0 Å². The van der Waals surface area contributed by atoms with Crippen molar-refractivity contribution in [1.29, 1.82) is 0 Å². The van der Waals surface area contributed by atoms with Crippen molar-refractivity contribution in [1.82, 2.24) is 4.90 Å². The summed E-state index contributed by atoms with van der Waals surface area (Å²) >= 11 is 0. The summed E-state index contributed by atoms with van der Waals surface area (Å²) in [6.45, 7) is 9.18. The second kappa shape index (κ2) is 8.71. The fraction of sp³-hybridized carbons (Fsp3) is 0.484. The van der Waals surface area contributed by atoms with Gasteiger partial charge in [0.15, 0.2) is 5.78 Å². The van der Waals surface area contributed by atoms with Crippen molar-refractivity contribution in [2.45, 2.75) is 82.7 Å². The summed E-state index contributed by atoms with van der Waals surface area (Å²) in [5.74, 6) is -0.821. The Kier molecular flexibility index (Phi) is 5.90.